The molecule has 28 heavy (non-hydrogen) atoms. The predicted molar refractivity (Wildman–Crippen MR) is 90.0 cm³/mol. The summed E-state index contributed by atoms with van der Waals surface area (Å²) in [6.45, 7) is 7.02. The molecule has 0 spiro atoms. The summed E-state index contributed by atoms with van der Waals surface area (Å²) in [6.07, 6.45) is 0.622. The summed E-state index contributed by atoms with van der Waals surface area (Å²) in [6, 6.07) is 0. The molecule has 2 radical (unpaired) electrons. The second kappa shape index (κ2) is 10.3. The number of aliphatic hydroxyl groups excluding tert-OH is 4. The van der Waals surface area contributed by atoms with Gasteiger partial charge in [0.15, 0.2) is 11.6 Å². The van der Waals surface area contributed by atoms with Gasteiger partial charge < -0.3 is 39.4 Å². The van der Waals surface area contributed by atoms with Crippen LogP contribution in [0.25, 0.3) is 0 Å². The maximum atomic E-state index is 9.54. The normalized spacial score (nSPS) is 38.9. The summed E-state index contributed by atoms with van der Waals surface area (Å²) in [5.74, 6) is -1.32. The van der Waals surface area contributed by atoms with Crippen molar-refractivity contribution in [1.82, 2.24) is 0 Å². The van der Waals surface area contributed by atoms with Gasteiger partial charge >= 0.3 is 0 Å². The van der Waals surface area contributed by atoms with Crippen molar-refractivity contribution in [1.29, 1.82) is 0 Å². The molecule has 4 unspecified atom stereocenters. The molecule has 8 nitrogen and oxygen atoms in total. The topological polar surface area (TPSA) is 118 Å². The Balaban J connectivity index is 0.000000261. The van der Waals surface area contributed by atoms with E-state index in [4.69, 9.17) is 29.2 Å². The van der Waals surface area contributed by atoms with Crippen LogP contribution in [0.3, 0.4) is 0 Å². The van der Waals surface area contributed by atoms with Gasteiger partial charge in [-0.2, -0.15) is 0 Å². The van der Waals surface area contributed by atoms with E-state index in [1.807, 2.05) is 0 Å². The van der Waals surface area contributed by atoms with Crippen molar-refractivity contribution >= 4 is 0 Å². The Hall–Kier alpha value is 1.37. The second-order valence-corrected chi connectivity index (χ2v) is 7.82. The zero-order chi connectivity index (χ0) is 19.3. The van der Waals surface area contributed by atoms with Crippen molar-refractivity contribution in [3.63, 3.8) is 0 Å². The second-order valence-electron chi connectivity index (χ2n) is 7.82. The molecule has 4 aliphatic rings. The molecule has 6 atom stereocenters. The van der Waals surface area contributed by atoms with Crippen molar-refractivity contribution in [3.8, 4) is 0 Å². The number of fused-ring (bicyclic) bond motifs is 2. The van der Waals surface area contributed by atoms with Gasteiger partial charge in [-0.15, -0.1) is 0 Å². The molecule has 0 aromatic rings. The van der Waals surface area contributed by atoms with Gasteiger partial charge in [-0.05, 0) is 51.0 Å². The minimum absolute atomic E-state index is 0. The summed E-state index contributed by atoms with van der Waals surface area (Å²) < 4.78 is 22.0. The smallest absolute Gasteiger partial charge is 0.164 e. The number of ether oxygens (including phenoxy) is 4. The van der Waals surface area contributed by atoms with Crippen molar-refractivity contribution < 1.29 is 105 Å². The van der Waals surface area contributed by atoms with Crippen molar-refractivity contribution in [2.45, 2.75) is 75.9 Å². The monoisotopic (exact) mass is 550 g/mol. The van der Waals surface area contributed by atoms with E-state index in [2.05, 4.69) is 0 Å². The molecule has 154 valence electrons. The van der Waals surface area contributed by atoms with Gasteiger partial charge in [-0.25, -0.2) is 0 Å². The minimum atomic E-state index is -0.662. The average Bonchev–Trinajstić information content (AvgIpc) is 3.21. The van der Waals surface area contributed by atoms with E-state index in [0.717, 1.165) is 0 Å². The zero-order valence-corrected chi connectivity index (χ0v) is 22.3. The average molecular weight is 550 g/mol. The first-order chi connectivity index (χ1) is 12.1. The number of aliphatic hydroxyl groups is 4. The molecule has 2 saturated heterocycles. The molecule has 2 aliphatic carbocycles. The van der Waals surface area contributed by atoms with E-state index in [1.165, 1.54) is 0 Å². The number of hydrogen-bond acceptors (Lipinski definition) is 8. The molecule has 0 bridgehead atoms. The van der Waals surface area contributed by atoms with Crippen molar-refractivity contribution in [2.75, 3.05) is 13.2 Å². The molecule has 2 heterocycles. The Kier molecular flexibility index (Phi) is 10.1. The standard InChI is InChI=1S/2C9H14O4.2Y/c2*1-9(2)12-7-5(4-10)3-6(11)8(7)13-9;;/h2*3,6-8,10-11H,4H2,1-2H3;;/t2*6-,7?,8?;;/m10../s1. The van der Waals surface area contributed by atoms with Crippen LogP contribution in [-0.2, 0) is 84.4 Å². The molecule has 10 heteroatoms. The quantitative estimate of drug-likeness (QED) is 0.344. The molecular formula is C18H28O8Y2. The summed E-state index contributed by atoms with van der Waals surface area (Å²) in [7, 11) is 0. The largest absolute Gasteiger partial charge is 0.392 e. The molecule has 4 rings (SSSR count). The minimum Gasteiger partial charge on any atom is -0.392 e. The number of rotatable bonds is 2. The summed E-state index contributed by atoms with van der Waals surface area (Å²) in [4.78, 5) is 0. The van der Waals surface area contributed by atoms with E-state index >= 15 is 0 Å². The molecule has 4 N–H and O–H groups in total. The van der Waals surface area contributed by atoms with E-state index in [9.17, 15) is 10.2 Å². The van der Waals surface area contributed by atoms with Crippen LogP contribution in [0.15, 0.2) is 23.3 Å². The molecule has 2 aliphatic heterocycles. The predicted octanol–water partition coefficient (Wildman–Crippen LogP) is -0.406. The van der Waals surface area contributed by atoms with E-state index in [-0.39, 0.29) is 103 Å². The van der Waals surface area contributed by atoms with E-state index < -0.39 is 23.8 Å². The van der Waals surface area contributed by atoms with Gasteiger partial charge in [0, 0.05) is 65.4 Å². The van der Waals surface area contributed by atoms with E-state index in [1.54, 1.807) is 39.8 Å². The Labute approximate surface area is 215 Å². The fourth-order valence-corrected chi connectivity index (χ4v) is 3.75. The van der Waals surface area contributed by atoms with Crippen LogP contribution in [-0.4, -0.2) is 81.8 Å². The molecule has 0 saturated carbocycles. The van der Waals surface area contributed by atoms with Crippen LogP contribution < -0.4 is 0 Å². The van der Waals surface area contributed by atoms with E-state index in [0.29, 0.717) is 11.1 Å². The zero-order valence-electron chi connectivity index (χ0n) is 16.6. The maximum absolute atomic E-state index is 9.54. The molecule has 0 aromatic carbocycles. The first kappa shape index (κ1) is 27.4. The fraction of sp³-hybridized carbons (Fsp3) is 0.778. The first-order valence-electron chi connectivity index (χ1n) is 8.77. The Morgan fingerprint density at radius 1 is 0.714 bits per heavy atom. The molecular weight excluding hydrogens is 522 g/mol. The van der Waals surface area contributed by atoms with Crippen LogP contribution in [0, 0.1) is 0 Å². The van der Waals surface area contributed by atoms with Gasteiger partial charge in [0.1, 0.15) is 36.6 Å². The summed E-state index contributed by atoms with van der Waals surface area (Å²) >= 11 is 0. The van der Waals surface area contributed by atoms with Crippen molar-refractivity contribution in [3.05, 3.63) is 23.3 Å². The molecule has 0 aromatic heterocycles. The third-order valence-corrected chi connectivity index (χ3v) is 4.80. The third-order valence-electron chi connectivity index (χ3n) is 4.80. The van der Waals surface area contributed by atoms with Gasteiger partial charge in [0.25, 0.3) is 0 Å². The first-order valence-corrected chi connectivity index (χ1v) is 8.77. The van der Waals surface area contributed by atoms with Crippen LogP contribution in [0.5, 0.6) is 0 Å². The number of hydrogen-bond donors (Lipinski definition) is 4. The van der Waals surface area contributed by atoms with Crippen LogP contribution in [0.1, 0.15) is 27.7 Å². The Morgan fingerprint density at radius 3 is 1.32 bits per heavy atom. The Morgan fingerprint density at radius 2 is 1.04 bits per heavy atom. The van der Waals surface area contributed by atoms with Gasteiger partial charge in [0.05, 0.1) is 13.2 Å². The fourth-order valence-electron chi connectivity index (χ4n) is 3.75. The molecule has 0 amide bonds. The third kappa shape index (κ3) is 5.78. The van der Waals surface area contributed by atoms with Gasteiger partial charge in [0.2, 0.25) is 0 Å². The van der Waals surface area contributed by atoms with Crippen LogP contribution >= 0.6 is 0 Å². The maximum Gasteiger partial charge on any atom is 0.164 e. The van der Waals surface area contributed by atoms with Gasteiger partial charge in [-0.3, -0.25) is 0 Å². The Bertz CT molecular complexity index is 554. The van der Waals surface area contributed by atoms with Crippen LogP contribution in [0.4, 0.5) is 0 Å². The molecule has 2 fully saturated rings. The van der Waals surface area contributed by atoms with Gasteiger partial charge in [-0.1, -0.05) is 0 Å². The summed E-state index contributed by atoms with van der Waals surface area (Å²) in [5, 5.41) is 37.1. The SMILES string of the molecule is CC1(C)OC2C(CO)=C[C@@H](O)C2O1.CC1(C)OC2C(CO)=C[C@H](O)C2O1.[Y].[Y]. The summed E-state index contributed by atoms with van der Waals surface area (Å²) in [5.41, 5.74) is 1.42. The van der Waals surface area contributed by atoms with Crippen molar-refractivity contribution in [2.24, 2.45) is 0 Å². The van der Waals surface area contributed by atoms with Crippen LogP contribution in [0.2, 0.25) is 0 Å².